The van der Waals surface area contributed by atoms with Crippen LogP contribution in [-0.4, -0.2) is 30.8 Å². The van der Waals surface area contributed by atoms with E-state index in [4.69, 9.17) is 0 Å². The second-order valence-electron chi connectivity index (χ2n) is 5.26. The van der Waals surface area contributed by atoms with Gasteiger partial charge in [0.2, 0.25) is 0 Å². The van der Waals surface area contributed by atoms with Crippen LogP contribution in [0.5, 0.6) is 0 Å². The normalized spacial score (nSPS) is 19.0. The Morgan fingerprint density at radius 3 is 2.67 bits per heavy atom. The molecule has 0 unspecified atom stereocenters. The zero-order chi connectivity index (χ0) is 13.2. The van der Waals surface area contributed by atoms with Gasteiger partial charge >= 0.3 is 0 Å². The minimum absolute atomic E-state index is 0.177. The van der Waals surface area contributed by atoms with Crippen LogP contribution in [0.2, 0.25) is 0 Å². The van der Waals surface area contributed by atoms with Gasteiger partial charge in [-0.2, -0.15) is 0 Å². The fourth-order valence-electron chi connectivity index (χ4n) is 2.46. The van der Waals surface area contributed by atoms with Crippen molar-refractivity contribution >= 4 is 5.69 Å². The van der Waals surface area contributed by atoms with Crippen molar-refractivity contribution in [1.29, 1.82) is 0 Å². The van der Waals surface area contributed by atoms with Gasteiger partial charge in [0.25, 0.3) is 0 Å². The molecule has 1 aromatic rings. The summed E-state index contributed by atoms with van der Waals surface area (Å²) >= 11 is 0. The average Bonchev–Trinajstić information content (AvgIpc) is 2.31. The van der Waals surface area contributed by atoms with E-state index >= 15 is 0 Å². The Balaban J connectivity index is 2.22. The molecule has 2 N–H and O–H groups in total. The van der Waals surface area contributed by atoms with Crippen LogP contribution in [0.25, 0.3) is 0 Å². The van der Waals surface area contributed by atoms with E-state index in [0.717, 1.165) is 5.56 Å². The molecule has 0 aromatic heterocycles. The van der Waals surface area contributed by atoms with Crippen LogP contribution in [0.1, 0.15) is 25.3 Å². The molecule has 1 heterocycles. The lowest BCUT2D eigenvalue weighted by atomic mass is 9.93. The molecule has 100 valence electrons. The third-order valence-electron chi connectivity index (χ3n) is 3.59. The molecule has 0 aliphatic carbocycles. The second kappa shape index (κ2) is 5.24. The highest BCUT2D eigenvalue weighted by molar-refractivity contribution is 5.55. The predicted octanol–water partition coefficient (Wildman–Crippen LogP) is 1.90. The molecule has 0 amide bonds. The summed E-state index contributed by atoms with van der Waals surface area (Å²) in [5.74, 6) is -0.177. The standard InChI is InChI=1S/C14H21FN2O/c1-14(18)6-8-17(9-7-14)13-11(10-16-2)4-3-5-12(13)15/h3-5,16,18H,6-10H2,1-2H3. The molecule has 2 rings (SSSR count). The Hall–Kier alpha value is -1.13. The van der Waals surface area contributed by atoms with E-state index in [1.54, 1.807) is 6.07 Å². The van der Waals surface area contributed by atoms with Crippen LogP contribution in [-0.2, 0) is 6.54 Å². The predicted molar refractivity (Wildman–Crippen MR) is 71.2 cm³/mol. The van der Waals surface area contributed by atoms with Crippen LogP contribution >= 0.6 is 0 Å². The van der Waals surface area contributed by atoms with E-state index in [1.807, 2.05) is 24.9 Å². The molecular weight excluding hydrogens is 231 g/mol. The summed E-state index contributed by atoms with van der Waals surface area (Å²) in [5.41, 5.74) is 1.05. The quantitative estimate of drug-likeness (QED) is 0.862. The SMILES string of the molecule is CNCc1cccc(F)c1N1CCC(C)(O)CC1. The highest BCUT2D eigenvalue weighted by Gasteiger charge is 2.29. The van der Waals surface area contributed by atoms with Gasteiger partial charge in [0.1, 0.15) is 5.82 Å². The molecule has 1 aliphatic rings. The number of hydrogen-bond acceptors (Lipinski definition) is 3. The molecule has 1 fully saturated rings. The summed E-state index contributed by atoms with van der Waals surface area (Å²) in [6.45, 7) is 3.90. The van der Waals surface area contributed by atoms with E-state index in [-0.39, 0.29) is 5.82 Å². The Bertz CT molecular complexity index is 410. The van der Waals surface area contributed by atoms with Crippen LogP contribution in [0.15, 0.2) is 18.2 Å². The number of anilines is 1. The van der Waals surface area contributed by atoms with Crippen molar-refractivity contribution in [2.75, 3.05) is 25.0 Å². The summed E-state index contributed by atoms with van der Waals surface area (Å²) in [6, 6.07) is 5.19. The van der Waals surface area contributed by atoms with Crippen molar-refractivity contribution in [2.24, 2.45) is 0 Å². The summed E-state index contributed by atoms with van der Waals surface area (Å²) in [4.78, 5) is 2.04. The van der Waals surface area contributed by atoms with E-state index < -0.39 is 5.60 Å². The maximum absolute atomic E-state index is 14.0. The molecule has 0 saturated carbocycles. The Labute approximate surface area is 108 Å². The van der Waals surface area contributed by atoms with Gasteiger partial charge in [-0.05, 0) is 38.4 Å². The number of piperidine rings is 1. The third kappa shape index (κ3) is 2.82. The van der Waals surface area contributed by atoms with Crippen molar-refractivity contribution < 1.29 is 9.50 Å². The number of nitrogens with one attached hydrogen (secondary N) is 1. The lowest BCUT2D eigenvalue weighted by Gasteiger charge is -2.38. The molecule has 0 bridgehead atoms. The molecular formula is C14H21FN2O. The summed E-state index contributed by atoms with van der Waals surface area (Å²) in [5, 5.41) is 13.0. The second-order valence-corrected chi connectivity index (χ2v) is 5.26. The molecule has 4 heteroatoms. The molecule has 3 nitrogen and oxygen atoms in total. The lowest BCUT2D eigenvalue weighted by molar-refractivity contribution is 0.0350. The van der Waals surface area contributed by atoms with Crippen LogP contribution in [0.4, 0.5) is 10.1 Å². The topological polar surface area (TPSA) is 35.5 Å². The van der Waals surface area contributed by atoms with Gasteiger partial charge in [0.15, 0.2) is 0 Å². The molecule has 0 radical (unpaired) electrons. The Kier molecular flexibility index (Phi) is 3.88. The molecule has 0 atom stereocenters. The first kappa shape index (κ1) is 13.3. The van der Waals surface area contributed by atoms with E-state index in [0.29, 0.717) is 38.2 Å². The first-order valence-corrected chi connectivity index (χ1v) is 6.43. The molecule has 0 spiro atoms. The highest BCUT2D eigenvalue weighted by Crippen LogP contribution is 2.30. The van der Waals surface area contributed by atoms with Crippen LogP contribution in [0, 0.1) is 5.82 Å². The summed E-state index contributed by atoms with van der Waals surface area (Å²) < 4.78 is 14.0. The molecule has 1 aliphatic heterocycles. The molecule has 18 heavy (non-hydrogen) atoms. The van der Waals surface area contributed by atoms with E-state index in [1.165, 1.54) is 6.07 Å². The van der Waals surface area contributed by atoms with Crippen LogP contribution in [0.3, 0.4) is 0 Å². The van der Waals surface area contributed by atoms with Gasteiger partial charge in [0.05, 0.1) is 11.3 Å². The fourth-order valence-corrected chi connectivity index (χ4v) is 2.46. The van der Waals surface area contributed by atoms with Crippen molar-refractivity contribution in [3.63, 3.8) is 0 Å². The lowest BCUT2D eigenvalue weighted by Crippen LogP contribution is -2.43. The van der Waals surface area contributed by atoms with Gasteiger partial charge in [-0.25, -0.2) is 4.39 Å². The smallest absolute Gasteiger partial charge is 0.146 e. The maximum atomic E-state index is 14.0. The highest BCUT2D eigenvalue weighted by atomic mass is 19.1. The molecule has 1 saturated heterocycles. The van der Waals surface area contributed by atoms with Crippen molar-refractivity contribution in [3.8, 4) is 0 Å². The Morgan fingerprint density at radius 1 is 1.39 bits per heavy atom. The number of aliphatic hydroxyl groups is 1. The largest absolute Gasteiger partial charge is 0.390 e. The minimum Gasteiger partial charge on any atom is -0.390 e. The number of rotatable bonds is 3. The zero-order valence-electron chi connectivity index (χ0n) is 11.0. The molecule has 1 aromatic carbocycles. The van der Waals surface area contributed by atoms with E-state index in [2.05, 4.69) is 5.32 Å². The number of nitrogens with zero attached hydrogens (tertiary/aromatic N) is 1. The van der Waals surface area contributed by atoms with Crippen molar-refractivity contribution in [3.05, 3.63) is 29.6 Å². The summed E-state index contributed by atoms with van der Waals surface area (Å²) in [6.07, 6.45) is 1.36. The van der Waals surface area contributed by atoms with Gasteiger partial charge in [-0.1, -0.05) is 12.1 Å². The third-order valence-corrected chi connectivity index (χ3v) is 3.59. The Morgan fingerprint density at radius 2 is 2.06 bits per heavy atom. The fraction of sp³-hybridized carbons (Fsp3) is 0.571. The van der Waals surface area contributed by atoms with Crippen molar-refractivity contribution in [1.82, 2.24) is 5.32 Å². The van der Waals surface area contributed by atoms with Gasteiger partial charge in [-0.3, -0.25) is 0 Å². The van der Waals surface area contributed by atoms with Crippen LogP contribution < -0.4 is 10.2 Å². The monoisotopic (exact) mass is 252 g/mol. The number of hydrogen-bond donors (Lipinski definition) is 2. The zero-order valence-corrected chi connectivity index (χ0v) is 11.0. The minimum atomic E-state index is -0.606. The van der Waals surface area contributed by atoms with Gasteiger partial charge in [0, 0.05) is 19.6 Å². The van der Waals surface area contributed by atoms with Crippen molar-refractivity contribution in [2.45, 2.75) is 31.9 Å². The average molecular weight is 252 g/mol. The maximum Gasteiger partial charge on any atom is 0.146 e. The van der Waals surface area contributed by atoms with Gasteiger partial charge < -0.3 is 15.3 Å². The first-order chi connectivity index (χ1) is 8.53. The number of benzene rings is 1. The number of halogens is 1. The first-order valence-electron chi connectivity index (χ1n) is 6.43. The van der Waals surface area contributed by atoms with E-state index in [9.17, 15) is 9.50 Å². The number of para-hydroxylation sites is 1. The van der Waals surface area contributed by atoms with Gasteiger partial charge in [-0.15, -0.1) is 0 Å². The summed E-state index contributed by atoms with van der Waals surface area (Å²) in [7, 11) is 1.86.